The lowest BCUT2D eigenvalue weighted by molar-refractivity contribution is -0.116. The molecule has 4 heteroatoms. The summed E-state index contributed by atoms with van der Waals surface area (Å²) in [5.74, 6) is 0.0732. The summed E-state index contributed by atoms with van der Waals surface area (Å²) in [6, 6.07) is 5.40. The number of nitrogens with one attached hydrogen (secondary N) is 1. The second kappa shape index (κ2) is 9.81. The van der Waals surface area contributed by atoms with Crippen molar-refractivity contribution in [2.75, 3.05) is 11.1 Å². The van der Waals surface area contributed by atoms with Crippen LogP contribution in [0.15, 0.2) is 22.7 Å². The second-order valence-electron chi connectivity index (χ2n) is 5.16. The molecule has 0 aliphatic heterocycles. The molecule has 0 aliphatic carbocycles. The van der Waals surface area contributed by atoms with Gasteiger partial charge in [0.05, 0.1) is 5.69 Å². The highest BCUT2D eigenvalue weighted by molar-refractivity contribution is 9.10. The maximum atomic E-state index is 11.8. The number of rotatable bonds is 9. The number of carbonyl (C=O) groups excluding carboxylic acids is 1. The highest BCUT2D eigenvalue weighted by atomic mass is 79.9. The summed E-state index contributed by atoms with van der Waals surface area (Å²) in [5, 5.41) is 2.91. The molecule has 112 valence electrons. The van der Waals surface area contributed by atoms with Gasteiger partial charge in [0, 0.05) is 16.6 Å². The summed E-state index contributed by atoms with van der Waals surface area (Å²) in [4.78, 5) is 11.8. The summed E-state index contributed by atoms with van der Waals surface area (Å²) < 4.78 is 0.824. The molecule has 0 atom stereocenters. The van der Waals surface area contributed by atoms with E-state index < -0.39 is 0 Å². The van der Waals surface area contributed by atoms with Crippen LogP contribution in [-0.2, 0) is 4.79 Å². The quantitative estimate of drug-likeness (QED) is 0.484. The van der Waals surface area contributed by atoms with Crippen LogP contribution in [0.5, 0.6) is 0 Å². The van der Waals surface area contributed by atoms with Gasteiger partial charge in [0.1, 0.15) is 0 Å². The standard InChI is InChI=1S/C16H25BrN2O/c1-2-3-4-5-6-7-8-9-16(20)19-15-11-10-13(18)12-14(15)17/h10-12H,2-9,18H2,1H3,(H,19,20). The molecular weight excluding hydrogens is 316 g/mol. The zero-order chi connectivity index (χ0) is 14.8. The number of nitrogens with two attached hydrogens (primary N) is 1. The molecule has 0 spiro atoms. The molecule has 3 nitrogen and oxygen atoms in total. The van der Waals surface area contributed by atoms with E-state index in [9.17, 15) is 4.79 Å². The van der Waals surface area contributed by atoms with Gasteiger partial charge in [0.15, 0.2) is 0 Å². The van der Waals surface area contributed by atoms with Crippen LogP contribution in [0, 0.1) is 0 Å². The maximum Gasteiger partial charge on any atom is 0.224 e. The van der Waals surface area contributed by atoms with Gasteiger partial charge in [-0.1, -0.05) is 45.4 Å². The topological polar surface area (TPSA) is 55.1 Å². The number of unbranched alkanes of at least 4 members (excludes halogenated alkanes) is 6. The monoisotopic (exact) mass is 340 g/mol. The Morgan fingerprint density at radius 3 is 2.45 bits per heavy atom. The van der Waals surface area contributed by atoms with E-state index in [-0.39, 0.29) is 5.91 Å². The van der Waals surface area contributed by atoms with Crippen molar-refractivity contribution >= 4 is 33.2 Å². The molecular formula is C16H25BrN2O. The molecule has 0 unspecified atom stereocenters. The number of carbonyl (C=O) groups is 1. The first-order valence-electron chi connectivity index (χ1n) is 7.48. The van der Waals surface area contributed by atoms with Crippen molar-refractivity contribution in [1.82, 2.24) is 0 Å². The molecule has 0 aromatic heterocycles. The lowest BCUT2D eigenvalue weighted by Crippen LogP contribution is -2.11. The van der Waals surface area contributed by atoms with E-state index in [2.05, 4.69) is 28.2 Å². The van der Waals surface area contributed by atoms with Gasteiger partial charge in [-0.05, 0) is 40.5 Å². The molecule has 1 aromatic rings. The molecule has 0 aliphatic rings. The highest BCUT2D eigenvalue weighted by Crippen LogP contribution is 2.24. The number of hydrogen-bond donors (Lipinski definition) is 2. The molecule has 0 bridgehead atoms. The molecule has 0 fully saturated rings. The van der Waals surface area contributed by atoms with Crippen LogP contribution in [0.2, 0.25) is 0 Å². The summed E-state index contributed by atoms with van der Waals surface area (Å²) in [7, 11) is 0. The van der Waals surface area contributed by atoms with Crippen LogP contribution < -0.4 is 11.1 Å². The summed E-state index contributed by atoms with van der Waals surface area (Å²) in [5.41, 5.74) is 7.13. The Balaban J connectivity index is 2.17. The third-order valence-electron chi connectivity index (χ3n) is 3.27. The van der Waals surface area contributed by atoms with Gasteiger partial charge in [-0.15, -0.1) is 0 Å². The number of benzene rings is 1. The van der Waals surface area contributed by atoms with Gasteiger partial charge in [-0.2, -0.15) is 0 Å². The minimum Gasteiger partial charge on any atom is -0.399 e. The van der Waals surface area contributed by atoms with E-state index in [1.807, 2.05) is 6.07 Å². The largest absolute Gasteiger partial charge is 0.399 e. The lowest BCUT2D eigenvalue weighted by Gasteiger charge is -2.08. The first-order chi connectivity index (χ1) is 9.63. The number of anilines is 2. The van der Waals surface area contributed by atoms with Crippen LogP contribution in [0.25, 0.3) is 0 Å². The Kier molecular flexibility index (Phi) is 8.35. The van der Waals surface area contributed by atoms with E-state index in [0.29, 0.717) is 12.1 Å². The first-order valence-corrected chi connectivity index (χ1v) is 8.27. The van der Waals surface area contributed by atoms with Crippen molar-refractivity contribution in [1.29, 1.82) is 0 Å². The lowest BCUT2D eigenvalue weighted by atomic mass is 10.1. The van der Waals surface area contributed by atoms with Crippen LogP contribution in [0.3, 0.4) is 0 Å². The fourth-order valence-corrected chi connectivity index (χ4v) is 2.58. The number of nitrogen functional groups attached to an aromatic ring is 1. The van der Waals surface area contributed by atoms with Gasteiger partial charge in [-0.25, -0.2) is 0 Å². The molecule has 0 heterocycles. The van der Waals surface area contributed by atoms with Gasteiger partial charge in [-0.3, -0.25) is 4.79 Å². The molecule has 1 aromatic carbocycles. The fraction of sp³-hybridized carbons (Fsp3) is 0.562. The molecule has 0 saturated carbocycles. The van der Waals surface area contributed by atoms with Crippen LogP contribution in [0.1, 0.15) is 58.3 Å². The van der Waals surface area contributed by atoms with Crippen LogP contribution in [0.4, 0.5) is 11.4 Å². The minimum atomic E-state index is 0.0732. The molecule has 20 heavy (non-hydrogen) atoms. The predicted octanol–water partition coefficient (Wildman–Crippen LogP) is 5.11. The van der Waals surface area contributed by atoms with Crippen molar-refractivity contribution in [2.45, 2.75) is 58.3 Å². The summed E-state index contributed by atoms with van der Waals surface area (Å²) in [6.07, 6.45) is 9.14. The van der Waals surface area contributed by atoms with Crippen molar-refractivity contribution in [3.8, 4) is 0 Å². The zero-order valence-corrected chi connectivity index (χ0v) is 13.8. The van der Waals surface area contributed by atoms with E-state index in [1.54, 1.807) is 12.1 Å². The van der Waals surface area contributed by atoms with E-state index in [1.165, 1.54) is 32.1 Å². The van der Waals surface area contributed by atoms with Crippen molar-refractivity contribution < 1.29 is 4.79 Å². The Morgan fingerprint density at radius 2 is 1.80 bits per heavy atom. The van der Waals surface area contributed by atoms with E-state index in [4.69, 9.17) is 5.73 Å². The van der Waals surface area contributed by atoms with Crippen LogP contribution >= 0.6 is 15.9 Å². The van der Waals surface area contributed by atoms with E-state index in [0.717, 1.165) is 23.0 Å². The van der Waals surface area contributed by atoms with Gasteiger partial charge in [0.25, 0.3) is 0 Å². The first kappa shape index (κ1) is 17.0. The highest BCUT2D eigenvalue weighted by Gasteiger charge is 2.05. The Bertz CT molecular complexity index is 421. The number of hydrogen-bond acceptors (Lipinski definition) is 2. The smallest absolute Gasteiger partial charge is 0.224 e. The molecule has 0 radical (unpaired) electrons. The Hall–Kier alpha value is -1.03. The molecule has 1 rings (SSSR count). The maximum absolute atomic E-state index is 11.8. The van der Waals surface area contributed by atoms with Crippen molar-refractivity contribution in [2.24, 2.45) is 0 Å². The average Bonchev–Trinajstić information content (AvgIpc) is 2.41. The minimum absolute atomic E-state index is 0.0732. The van der Waals surface area contributed by atoms with Gasteiger partial charge < -0.3 is 11.1 Å². The second-order valence-corrected chi connectivity index (χ2v) is 6.01. The third-order valence-corrected chi connectivity index (χ3v) is 3.93. The summed E-state index contributed by atoms with van der Waals surface area (Å²) in [6.45, 7) is 2.22. The summed E-state index contributed by atoms with van der Waals surface area (Å²) >= 11 is 3.40. The number of amides is 1. The molecule has 3 N–H and O–H groups in total. The molecule has 0 saturated heterocycles. The fourth-order valence-electron chi connectivity index (χ4n) is 2.09. The SMILES string of the molecule is CCCCCCCCCC(=O)Nc1ccc(N)cc1Br. The Morgan fingerprint density at radius 1 is 1.15 bits per heavy atom. The third kappa shape index (κ3) is 6.94. The zero-order valence-electron chi connectivity index (χ0n) is 12.3. The molecule has 1 amide bonds. The van der Waals surface area contributed by atoms with Gasteiger partial charge in [0.2, 0.25) is 5.91 Å². The van der Waals surface area contributed by atoms with Crippen molar-refractivity contribution in [3.63, 3.8) is 0 Å². The van der Waals surface area contributed by atoms with Gasteiger partial charge >= 0.3 is 0 Å². The van der Waals surface area contributed by atoms with Crippen LogP contribution in [-0.4, -0.2) is 5.91 Å². The predicted molar refractivity (Wildman–Crippen MR) is 89.8 cm³/mol. The van der Waals surface area contributed by atoms with Crippen molar-refractivity contribution in [3.05, 3.63) is 22.7 Å². The number of halogens is 1. The Labute approximate surface area is 130 Å². The van der Waals surface area contributed by atoms with E-state index >= 15 is 0 Å². The normalized spacial score (nSPS) is 10.5. The average molecular weight is 341 g/mol.